The molecule has 33 heavy (non-hydrogen) atoms. The van der Waals surface area contributed by atoms with Crippen LogP contribution in [-0.4, -0.2) is 27.3 Å². The molecule has 0 amide bonds. The molecule has 3 aromatic carbocycles. The van der Waals surface area contributed by atoms with Gasteiger partial charge in [0, 0.05) is 29.7 Å². The molecule has 1 heterocycles. The number of nitrogens with one attached hydrogen (secondary N) is 2. The Labute approximate surface area is 194 Å². The zero-order valence-corrected chi connectivity index (χ0v) is 18.1. The number of allylic oxidation sites excluding steroid dienone is 2. The van der Waals surface area contributed by atoms with Gasteiger partial charge in [0.25, 0.3) is 0 Å². The minimum Gasteiger partial charge on any atom is -0.376 e. The average Bonchev–Trinajstić information content (AvgIpc) is 3.31. The fourth-order valence-corrected chi connectivity index (χ4v) is 4.14. The topological polar surface area (TPSA) is 91.9 Å². The van der Waals surface area contributed by atoms with Crippen molar-refractivity contribution in [2.75, 3.05) is 0 Å². The maximum Gasteiger partial charge on any atom is 0.211 e. The molecule has 0 bridgehead atoms. The van der Waals surface area contributed by atoms with Gasteiger partial charge < -0.3 is 10.3 Å². The van der Waals surface area contributed by atoms with Gasteiger partial charge in [0.2, 0.25) is 11.6 Å². The maximum atomic E-state index is 12.8. The number of Topliss-reactive ketones (excluding diaryl/α,β-unsaturated/α-hetero) is 3. The molecular weight excluding hydrogens is 438 g/mol. The van der Waals surface area contributed by atoms with Crippen molar-refractivity contribution >= 4 is 40.0 Å². The minimum absolute atomic E-state index is 0.00351. The molecule has 162 valence electrons. The predicted octanol–water partition coefficient (Wildman–Crippen LogP) is 4.61. The molecule has 0 spiro atoms. The van der Waals surface area contributed by atoms with Crippen LogP contribution in [0.4, 0.5) is 0 Å². The predicted molar refractivity (Wildman–Crippen MR) is 125 cm³/mol. The van der Waals surface area contributed by atoms with Crippen molar-refractivity contribution in [1.82, 2.24) is 15.3 Å². The van der Waals surface area contributed by atoms with E-state index in [9.17, 15) is 14.4 Å². The van der Waals surface area contributed by atoms with Gasteiger partial charge in [-0.1, -0.05) is 66.2 Å². The number of nitrogens with zero attached hydrogens (tertiary/aromatic N) is 1. The number of H-pyrrole nitrogens is 1. The van der Waals surface area contributed by atoms with Crippen LogP contribution in [0.5, 0.6) is 0 Å². The summed E-state index contributed by atoms with van der Waals surface area (Å²) in [5.41, 5.74) is 4.85. The Morgan fingerprint density at radius 2 is 1.61 bits per heavy atom. The lowest BCUT2D eigenvalue weighted by molar-refractivity contribution is 0.0974. The lowest BCUT2D eigenvalue weighted by Gasteiger charge is -2.19. The molecule has 1 aliphatic rings. The van der Waals surface area contributed by atoms with E-state index in [2.05, 4.69) is 15.3 Å². The van der Waals surface area contributed by atoms with E-state index in [0.29, 0.717) is 16.7 Å². The van der Waals surface area contributed by atoms with Gasteiger partial charge in [0.05, 0.1) is 17.4 Å². The van der Waals surface area contributed by atoms with Gasteiger partial charge in [-0.15, -0.1) is 0 Å². The fourth-order valence-electron chi connectivity index (χ4n) is 3.88. The normalized spacial score (nSPS) is 13.4. The Balaban J connectivity index is 1.26. The van der Waals surface area contributed by atoms with E-state index in [0.717, 1.165) is 22.2 Å². The van der Waals surface area contributed by atoms with Crippen LogP contribution in [0.1, 0.15) is 42.2 Å². The Bertz CT molecular complexity index is 1450. The number of benzene rings is 3. The van der Waals surface area contributed by atoms with E-state index in [-0.39, 0.29) is 41.0 Å². The zero-order valence-electron chi connectivity index (χ0n) is 17.4. The summed E-state index contributed by atoms with van der Waals surface area (Å²) in [6, 6.07) is 19.5. The number of carbonyl (C=O) groups is 3. The molecular formula is C26H18ClN3O3. The van der Waals surface area contributed by atoms with Crippen LogP contribution in [0.25, 0.3) is 11.0 Å². The summed E-state index contributed by atoms with van der Waals surface area (Å²) in [5.74, 6) is -0.677. The summed E-state index contributed by atoms with van der Waals surface area (Å²) in [5, 5.41) is 2.88. The second kappa shape index (κ2) is 8.48. The molecule has 2 N–H and O–H groups in total. The van der Waals surface area contributed by atoms with E-state index < -0.39 is 0 Å². The number of rotatable bonds is 6. The molecule has 0 saturated heterocycles. The molecule has 5 rings (SSSR count). The summed E-state index contributed by atoms with van der Waals surface area (Å²) in [6.45, 7) is 0.289. The molecule has 0 radical (unpaired) electrons. The SMILES string of the molecule is O=C(Cc1ccc2nc[nH]c2c1)c1ccc(CNC2=C(Cl)C(=O)c3ccccc3C2=O)cc1. The van der Waals surface area contributed by atoms with Gasteiger partial charge in [-0.2, -0.15) is 0 Å². The van der Waals surface area contributed by atoms with Crippen molar-refractivity contribution in [2.45, 2.75) is 13.0 Å². The van der Waals surface area contributed by atoms with Crippen molar-refractivity contribution in [3.8, 4) is 0 Å². The van der Waals surface area contributed by atoms with Crippen molar-refractivity contribution in [2.24, 2.45) is 0 Å². The van der Waals surface area contributed by atoms with E-state index in [1.54, 1.807) is 42.7 Å². The summed E-state index contributed by atoms with van der Waals surface area (Å²) >= 11 is 6.19. The van der Waals surface area contributed by atoms with Gasteiger partial charge in [-0.25, -0.2) is 4.98 Å². The second-order valence-electron chi connectivity index (χ2n) is 7.80. The Morgan fingerprint density at radius 1 is 0.909 bits per heavy atom. The Morgan fingerprint density at radius 3 is 2.36 bits per heavy atom. The number of carbonyl (C=O) groups excluding carboxylic acids is 3. The smallest absolute Gasteiger partial charge is 0.211 e. The highest BCUT2D eigenvalue weighted by Crippen LogP contribution is 2.27. The third-order valence-corrected chi connectivity index (χ3v) is 6.02. The van der Waals surface area contributed by atoms with Crippen LogP contribution in [0, 0.1) is 0 Å². The highest BCUT2D eigenvalue weighted by molar-refractivity contribution is 6.49. The average molecular weight is 456 g/mol. The van der Waals surface area contributed by atoms with Crippen molar-refractivity contribution in [1.29, 1.82) is 0 Å². The second-order valence-corrected chi connectivity index (χ2v) is 8.18. The van der Waals surface area contributed by atoms with Gasteiger partial charge in [0.15, 0.2) is 5.78 Å². The van der Waals surface area contributed by atoms with Crippen molar-refractivity contribution in [3.63, 3.8) is 0 Å². The molecule has 0 fully saturated rings. The van der Waals surface area contributed by atoms with Crippen LogP contribution >= 0.6 is 11.6 Å². The standard InChI is InChI=1S/C26H18ClN3O3/c27-23-24(26(33)19-4-2-1-3-18(19)25(23)32)28-13-15-5-8-17(9-6-15)22(31)12-16-7-10-20-21(11-16)30-14-29-20/h1-11,14,28H,12-13H2,(H,29,30). The van der Waals surface area contributed by atoms with Gasteiger partial charge in [-0.3, -0.25) is 14.4 Å². The lowest BCUT2D eigenvalue weighted by atomic mass is 9.92. The summed E-state index contributed by atoms with van der Waals surface area (Å²) in [6.07, 6.45) is 1.91. The van der Waals surface area contributed by atoms with Crippen LogP contribution in [0.3, 0.4) is 0 Å². The molecule has 0 unspecified atom stereocenters. The molecule has 0 saturated carbocycles. The maximum absolute atomic E-state index is 12.8. The number of aromatic nitrogens is 2. The van der Waals surface area contributed by atoms with Gasteiger partial charge in [-0.05, 0) is 23.3 Å². The first-order valence-corrected chi connectivity index (χ1v) is 10.8. The molecule has 7 heteroatoms. The van der Waals surface area contributed by atoms with Gasteiger partial charge in [0.1, 0.15) is 10.7 Å². The van der Waals surface area contributed by atoms with Crippen LogP contribution < -0.4 is 5.32 Å². The van der Waals surface area contributed by atoms with E-state index in [1.165, 1.54) is 0 Å². The first kappa shape index (κ1) is 20.8. The quantitative estimate of drug-likeness (QED) is 0.414. The van der Waals surface area contributed by atoms with E-state index >= 15 is 0 Å². The third-order valence-electron chi connectivity index (χ3n) is 5.66. The highest BCUT2D eigenvalue weighted by Gasteiger charge is 2.30. The van der Waals surface area contributed by atoms with E-state index in [1.807, 2.05) is 30.3 Å². The number of halogens is 1. The number of imidazole rings is 1. The molecule has 6 nitrogen and oxygen atoms in total. The summed E-state index contributed by atoms with van der Waals surface area (Å²) in [4.78, 5) is 45.2. The third kappa shape index (κ3) is 3.97. The monoisotopic (exact) mass is 455 g/mol. The Hall–Kier alpha value is -4.03. The number of hydrogen-bond acceptors (Lipinski definition) is 5. The van der Waals surface area contributed by atoms with Crippen LogP contribution in [-0.2, 0) is 13.0 Å². The number of ketones is 3. The first-order chi connectivity index (χ1) is 16.0. The zero-order chi connectivity index (χ0) is 22.9. The molecule has 0 atom stereocenters. The molecule has 1 aliphatic carbocycles. The molecule has 4 aromatic rings. The highest BCUT2D eigenvalue weighted by atomic mass is 35.5. The fraction of sp³-hybridized carbons (Fsp3) is 0.0769. The van der Waals surface area contributed by atoms with Crippen LogP contribution in [0.15, 0.2) is 83.8 Å². The summed E-state index contributed by atoms with van der Waals surface area (Å²) in [7, 11) is 0. The number of hydrogen-bond donors (Lipinski definition) is 2. The van der Waals surface area contributed by atoms with Gasteiger partial charge >= 0.3 is 0 Å². The Kier molecular flexibility index (Phi) is 5.36. The summed E-state index contributed by atoms with van der Waals surface area (Å²) < 4.78 is 0. The molecule has 0 aliphatic heterocycles. The first-order valence-electron chi connectivity index (χ1n) is 10.4. The van der Waals surface area contributed by atoms with Crippen molar-refractivity contribution in [3.05, 3.63) is 112 Å². The van der Waals surface area contributed by atoms with E-state index in [4.69, 9.17) is 11.6 Å². The number of fused-ring (bicyclic) bond motifs is 2. The number of aromatic amines is 1. The largest absolute Gasteiger partial charge is 0.376 e. The van der Waals surface area contributed by atoms with Crippen molar-refractivity contribution < 1.29 is 14.4 Å². The molecule has 1 aromatic heterocycles. The minimum atomic E-state index is -0.372. The van der Waals surface area contributed by atoms with Crippen LogP contribution in [0.2, 0.25) is 0 Å². The lowest BCUT2D eigenvalue weighted by Crippen LogP contribution is -2.28.